The van der Waals surface area contributed by atoms with Gasteiger partial charge in [-0.05, 0) is 49.9 Å². The van der Waals surface area contributed by atoms with Crippen LogP contribution in [0.5, 0.6) is 0 Å². The predicted molar refractivity (Wildman–Crippen MR) is 82.5 cm³/mol. The molecular formula is C15H16FN3S. The summed E-state index contributed by atoms with van der Waals surface area (Å²) in [5.41, 5.74) is 9.55. The summed E-state index contributed by atoms with van der Waals surface area (Å²) in [4.78, 5) is 5.60. The number of halogens is 1. The number of anilines is 1. The van der Waals surface area contributed by atoms with E-state index in [9.17, 15) is 4.39 Å². The maximum atomic E-state index is 13.5. The average Bonchev–Trinajstić information content (AvgIpc) is 2.91. The minimum Gasteiger partial charge on any atom is -0.397 e. The second-order valence-corrected chi connectivity index (χ2v) is 6.07. The number of nitrogen functional groups attached to an aromatic ring is 1. The van der Waals surface area contributed by atoms with Crippen molar-refractivity contribution in [3.63, 3.8) is 0 Å². The van der Waals surface area contributed by atoms with Crippen molar-refractivity contribution in [2.24, 2.45) is 0 Å². The fraction of sp³-hybridized carbons (Fsp3) is 0.267. The van der Waals surface area contributed by atoms with Gasteiger partial charge >= 0.3 is 0 Å². The van der Waals surface area contributed by atoms with Crippen LogP contribution in [0.4, 0.5) is 10.1 Å². The molecule has 0 aliphatic heterocycles. The van der Waals surface area contributed by atoms with Crippen LogP contribution in [-0.2, 0) is 0 Å². The number of nitrogens with zero attached hydrogens (tertiary/aromatic N) is 2. The van der Waals surface area contributed by atoms with Crippen molar-refractivity contribution in [2.45, 2.75) is 26.8 Å². The van der Waals surface area contributed by atoms with Gasteiger partial charge in [-0.25, -0.2) is 9.37 Å². The van der Waals surface area contributed by atoms with Gasteiger partial charge in [-0.2, -0.15) is 0 Å². The van der Waals surface area contributed by atoms with E-state index in [2.05, 4.69) is 18.8 Å². The Labute approximate surface area is 120 Å². The molecule has 2 heterocycles. The minimum absolute atomic E-state index is 0.179. The van der Waals surface area contributed by atoms with E-state index in [0.717, 1.165) is 33.0 Å². The van der Waals surface area contributed by atoms with Gasteiger partial charge in [0.25, 0.3) is 0 Å². The number of fused-ring (bicyclic) bond motifs is 1. The number of benzene rings is 1. The van der Waals surface area contributed by atoms with Crippen LogP contribution < -0.4 is 5.73 Å². The maximum Gasteiger partial charge on any atom is 0.153 e. The van der Waals surface area contributed by atoms with Crippen molar-refractivity contribution < 1.29 is 4.39 Å². The molecule has 0 bridgehead atoms. The first kappa shape index (κ1) is 13.1. The second kappa shape index (κ2) is 4.59. The van der Waals surface area contributed by atoms with Gasteiger partial charge < -0.3 is 10.3 Å². The first-order valence-corrected chi connectivity index (χ1v) is 7.38. The Morgan fingerprint density at radius 1 is 1.35 bits per heavy atom. The number of thiophene rings is 1. The standard InChI is InChI=1S/C15H16FN3S/c1-8(2)19-12-6-10(16)4-5-11(12)18-15(19)14-13(17)9(3)7-20-14/h4-8H,17H2,1-3H3. The molecule has 104 valence electrons. The van der Waals surface area contributed by atoms with E-state index in [1.54, 1.807) is 17.4 Å². The molecular weight excluding hydrogens is 273 g/mol. The van der Waals surface area contributed by atoms with Gasteiger partial charge in [0.1, 0.15) is 5.82 Å². The van der Waals surface area contributed by atoms with Gasteiger partial charge in [0.2, 0.25) is 0 Å². The number of hydrogen-bond donors (Lipinski definition) is 1. The Bertz CT molecular complexity index is 786. The van der Waals surface area contributed by atoms with Crippen LogP contribution in [0.15, 0.2) is 23.6 Å². The zero-order chi connectivity index (χ0) is 14.4. The average molecular weight is 289 g/mol. The molecule has 0 radical (unpaired) electrons. The Hall–Kier alpha value is -1.88. The van der Waals surface area contributed by atoms with E-state index in [4.69, 9.17) is 5.73 Å². The predicted octanol–water partition coefficient (Wildman–Crippen LogP) is 4.38. The summed E-state index contributed by atoms with van der Waals surface area (Å²) < 4.78 is 15.6. The summed E-state index contributed by atoms with van der Waals surface area (Å²) in [5.74, 6) is 0.567. The molecule has 0 spiro atoms. The van der Waals surface area contributed by atoms with E-state index in [1.807, 2.05) is 16.9 Å². The van der Waals surface area contributed by atoms with Gasteiger partial charge in [-0.1, -0.05) is 0 Å². The Morgan fingerprint density at radius 3 is 2.70 bits per heavy atom. The normalized spacial score (nSPS) is 11.7. The van der Waals surface area contributed by atoms with E-state index in [-0.39, 0.29) is 11.9 Å². The summed E-state index contributed by atoms with van der Waals surface area (Å²) in [6.07, 6.45) is 0. The van der Waals surface area contributed by atoms with Gasteiger partial charge in [-0.15, -0.1) is 11.3 Å². The third-order valence-corrected chi connectivity index (χ3v) is 4.50. The molecule has 1 aromatic carbocycles. The monoisotopic (exact) mass is 289 g/mol. The van der Waals surface area contributed by atoms with Crippen molar-refractivity contribution in [3.8, 4) is 10.7 Å². The van der Waals surface area contributed by atoms with Crippen molar-refractivity contribution in [3.05, 3.63) is 35.0 Å². The zero-order valence-corrected chi connectivity index (χ0v) is 12.5. The van der Waals surface area contributed by atoms with E-state index in [0.29, 0.717) is 0 Å². The molecule has 3 nitrogen and oxygen atoms in total. The number of nitrogens with two attached hydrogens (primary N) is 1. The van der Waals surface area contributed by atoms with E-state index in [1.165, 1.54) is 12.1 Å². The second-order valence-electron chi connectivity index (χ2n) is 5.19. The van der Waals surface area contributed by atoms with Gasteiger partial charge in [0.05, 0.1) is 21.6 Å². The third-order valence-electron chi connectivity index (χ3n) is 3.39. The molecule has 20 heavy (non-hydrogen) atoms. The topological polar surface area (TPSA) is 43.8 Å². The van der Waals surface area contributed by atoms with Crippen LogP contribution >= 0.6 is 11.3 Å². The highest BCUT2D eigenvalue weighted by Gasteiger charge is 2.19. The fourth-order valence-corrected chi connectivity index (χ4v) is 3.33. The van der Waals surface area contributed by atoms with E-state index < -0.39 is 0 Å². The lowest BCUT2D eigenvalue weighted by Crippen LogP contribution is -2.03. The first-order valence-electron chi connectivity index (χ1n) is 6.50. The molecule has 0 unspecified atom stereocenters. The van der Waals surface area contributed by atoms with Gasteiger partial charge in [-0.3, -0.25) is 0 Å². The third kappa shape index (κ3) is 1.89. The molecule has 0 aliphatic carbocycles. The highest BCUT2D eigenvalue weighted by atomic mass is 32.1. The molecule has 2 N–H and O–H groups in total. The van der Waals surface area contributed by atoms with Crippen molar-refractivity contribution in [1.29, 1.82) is 0 Å². The van der Waals surface area contributed by atoms with Crippen LogP contribution in [0, 0.1) is 12.7 Å². The number of hydrogen-bond acceptors (Lipinski definition) is 3. The molecule has 0 saturated carbocycles. The van der Waals surface area contributed by atoms with Crippen LogP contribution in [0.2, 0.25) is 0 Å². The summed E-state index contributed by atoms with van der Waals surface area (Å²) in [5, 5.41) is 2.02. The Balaban J connectivity index is 2.35. The summed E-state index contributed by atoms with van der Waals surface area (Å²) >= 11 is 1.58. The van der Waals surface area contributed by atoms with Gasteiger partial charge in [0.15, 0.2) is 5.82 Å². The summed E-state index contributed by atoms with van der Waals surface area (Å²) in [6, 6.07) is 4.86. The smallest absolute Gasteiger partial charge is 0.153 e. The molecule has 2 aromatic heterocycles. The molecule has 0 amide bonds. The molecule has 3 aromatic rings. The molecule has 3 rings (SSSR count). The molecule has 5 heteroatoms. The zero-order valence-electron chi connectivity index (χ0n) is 11.6. The van der Waals surface area contributed by atoms with Crippen LogP contribution in [0.1, 0.15) is 25.5 Å². The lowest BCUT2D eigenvalue weighted by Gasteiger charge is -2.12. The largest absolute Gasteiger partial charge is 0.397 e. The van der Waals surface area contributed by atoms with Crippen LogP contribution in [0.3, 0.4) is 0 Å². The minimum atomic E-state index is -0.249. The van der Waals surface area contributed by atoms with Gasteiger partial charge in [0, 0.05) is 6.04 Å². The molecule has 0 saturated heterocycles. The highest BCUT2D eigenvalue weighted by Crippen LogP contribution is 2.37. The number of aryl methyl sites for hydroxylation is 1. The lowest BCUT2D eigenvalue weighted by atomic mass is 10.2. The molecule has 0 aliphatic rings. The van der Waals surface area contributed by atoms with Crippen molar-refractivity contribution >= 4 is 28.1 Å². The number of aromatic nitrogens is 2. The maximum absolute atomic E-state index is 13.5. The Kier molecular flexibility index (Phi) is 3.01. The van der Waals surface area contributed by atoms with Crippen LogP contribution in [-0.4, -0.2) is 9.55 Å². The molecule has 0 fully saturated rings. The van der Waals surface area contributed by atoms with Crippen molar-refractivity contribution in [1.82, 2.24) is 9.55 Å². The SMILES string of the molecule is Cc1csc(-c2nc3ccc(F)cc3n2C(C)C)c1N. The quantitative estimate of drug-likeness (QED) is 0.761. The Morgan fingerprint density at radius 2 is 2.10 bits per heavy atom. The fourth-order valence-electron chi connectivity index (χ4n) is 2.38. The summed E-state index contributed by atoms with van der Waals surface area (Å²) in [7, 11) is 0. The molecule has 0 atom stereocenters. The lowest BCUT2D eigenvalue weighted by molar-refractivity contribution is 0.613. The first-order chi connectivity index (χ1) is 9.49. The van der Waals surface area contributed by atoms with E-state index >= 15 is 0 Å². The summed E-state index contributed by atoms with van der Waals surface area (Å²) in [6.45, 7) is 6.11. The highest BCUT2D eigenvalue weighted by molar-refractivity contribution is 7.14. The number of rotatable bonds is 2. The number of imidazole rings is 1. The van der Waals surface area contributed by atoms with Crippen molar-refractivity contribution in [2.75, 3.05) is 5.73 Å². The van der Waals surface area contributed by atoms with Crippen LogP contribution in [0.25, 0.3) is 21.7 Å².